The number of halogens is 1. The van der Waals surface area contributed by atoms with E-state index in [4.69, 9.17) is 0 Å². The van der Waals surface area contributed by atoms with Crippen LogP contribution in [0, 0.1) is 5.92 Å². The maximum atomic E-state index is 2.35. The molecular weight excluding hydrogens is 223 g/mol. The van der Waals surface area contributed by atoms with Gasteiger partial charge in [-0.2, -0.15) is 0 Å². The minimum absolute atomic E-state index is 0.522. The first kappa shape index (κ1) is 9.73. The Morgan fingerprint density at radius 1 is 1.22 bits per heavy atom. The summed E-state index contributed by atoms with van der Waals surface area (Å²) in [5, 5.41) is 0. The average Bonchev–Trinajstić information content (AvgIpc) is 1.82. The van der Waals surface area contributed by atoms with Gasteiger partial charge in [0.25, 0.3) is 0 Å². The Labute approximate surface area is 69.7 Å². The summed E-state index contributed by atoms with van der Waals surface area (Å²) in [5.41, 5.74) is 0. The zero-order valence-electron chi connectivity index (χ0n) is 6.95. The molecule has 0 aromatic carbocycles. The van der Waals surface area contributed by atoms with Crippen LogP contribution in [0.25, 0.3) is 0 Å². The predicted molar refractivity (Wildman–Crippen MR) is 39.5 cm³/mol. The SMILES string of the molecule is CC[I-]C(CC)C(C)C. The van der Waals surface area contributed by atoms with Gasteiger partial charge in [0.05, 0.1) is 0 Å². The molecule has 0 heterocycles. The van der Waals surface area contributed by atoms with Crippen LogP contribution in [-0.4, -0.2) is 8.35 Å². The molecular formula is C8H18I-. The van der Waals surface area contributed by atoms with E-state index in [9.17, 15) is 0 Å². The van der Waals surface area contributed by atoms with Crippen molar-refractivity contribution in [3.63, 3.8) is 0 Å². The van der Waals surface area contributed by atoms with Crippen molar-refractivity contribution >= 4 is 0 Å². The molecule has 0 aliphatic rings. The van der Waals surface area contributed by atoms with Crippen molar-refractivity contribution < 1.29 is 21.2 Å². The van der Waals surface area contributed by atoms with Gasteiger partial charge < -0.3 is 0 Å². The Bertz CT molecular complexity index is 59.6. The van der Waals surface area contributed by atoms with E-state index in [2.05, 4.69) is 27.7 Å². The van der Waals surface area contributed by atoms with Crippen molar-refractivity contribution in [3.05, 3.63) is 0 Å². The molecule has 0 saturated carbocycles. The number of rotatable bonds is 4. The standard InChI is InChI=1S/C8H18I/c1-5-8(7(3)4)9-6-2/h7-8H,5-6H2,1-4H3/q-1. The molecule has 0 rings (SSSR count). The van der Waals surface area contributed by atoms with Crippen molar-refractivity contribution in [3.8, 4) is 0 Å². The van der Waals surface area contributed by atoms with Crippen molar-refractivity contribution in [2.75, 3.05) is 4.43 Å². The molecule has 58 valence electrons. The second kappa shape index (κ2) is 5.51. The average molecular weight is 241 g/mol. The second-order valence-electron chi connectivity index (χ2n) is 2.59. The van der Waals surface area contributed by atoms with Crippen LogP contribution >= 0.6 is 0 Å². The summed E-state index contributed by atoms with van der Waals surface area (Å²) >= 11 is 0.522. The molecule has 0 N–H and O–H groups in total. The fourth-order valence-corrected chi connectivity index (χ4v) is 3.73. The molecule has 0 amide bonds. The normalized spacial score (nSPS) is 14.8. The first-order valence-corrected chi connectivity index (χ1v) is 6.57. The summed E-state index contributed by atoms with van der Waals surface area (Å²) in [6.07, 6.45) is 1.40. The Kier molecular flexibility index (Phi) is 5.96. The van der Waals surface area contributed by atoms with Crippen molar-refractivity contribution in [1.82, 2.24) is 0 Å². The first-order valence-electron chi connectivity index (χ1n) is 3.80. The molecule has 0 nitrogen and oxygen atoms in total. The van der Waals surface area contributed by atoms with Crippen LogP contribution in [0.1, 0.15) is 34.1 Å². The minimum atomic E-state index is 0.522. The van der Waals surface area contributed by atoms with E-state index in [1.54, 1.807) is 0 Å². The summed E-state index contributed by atoms with van der Waals surface area (Å²) in [5.74, 6) is 0.933. The fourth-order valence-electron chi connectivity index (χ4n) is 0.957. The first-order chi connectivity index (χ1) is 4.22. The quantitative estimate of drug-likeness (QED) is 0.461. The van der Waals surface area contributed by atoms with E-state index in [1.807, 2.05) is 0 Å². The van der Waals surface area contributed by atoms with Crippen LogP contribution in [0.2, 0.25) is 0 Å². The Morgan fingerprint density at radius 3 is 1.89 bits per heavy atom. The van der Waals surface area contributed by atoms with Gasteiger partial charge in [0, 0.05) is 0 Å². The monoisotopic (exact) mass is 241 g/mol. The van der Waals surface area contributed by atoms with Gasteiger partial charge in [-0.15, -0.1) is 0 Å². The summed E-state index contributed by atoms with van der Waals surface area (Å²) in [6, 6.07) is 0. The van der Waals surface area contributed by atoms with Gasteiger partial charge in [0.15, 0.2) is 0 Å². The topological polar surface area (TPSA) is 0 Å². The van der Waals surface area contributed by atoms with Crippen LogP contribution in [0.15, 0.2) is 0 Å². The van der Waals surface area contributed by atoms with E-state index < -0.39 is 0 Å². The van der Waals surface area contributed by atoms with Gasteiger partial charge in [0.2, 0.25) is 0 Å². The van der Waals surface area contributed by atoms with E-state index in [0.29, 0.717) is 21.2 Å². The summed E-state index contributed by atoms with van der Waals surface area (Å²) in [4.78, 5) is 0. The Balaban J connectivity index is 3.41. The van der Waals surface area contributed by atoms with Crippen molar-refractivity contribution in [1.29, 1.82) is 0 Å². The molecule has 0 radical (unpaired) electrons. The Hall–Kier alpha value is 0.730. The fraction of sp³-hybridized carbons (Fsp3) is 1.00. The molecule has 0 spiro atoms. The van der Waals surface area contributed by atoms with E-state index in [0.717, 1.165) is 9.84 Å². The van der Waals surface area contributed by atoms with Crippen LogP contribution in [0.3, 0.4) is 0 Å². The molecule has 0 saturated heterocycles. The van der Waals surface area contributed by atoms with Crippen LogP contribution in [0.5, 0.6) is 0 Å². The van der Waals surface area contributed by atoms with Crippen molar-refractivity contribution in [2.24, 2.45) is 5.92 Å². The summed E-state index contributed by atoms with van der Waals surface area (Å²) in [7, 11) is 0. The predicted octanol–water partition coefficient (Wildman–Crippen LogP) is -0.470. The number of hydrogen-bond acceptors (Lipinski definition) is 0. The molecule has 0 aromatic rings. The Morgan fingerprint density at radius 2 is 1.78 bits per heavy atom. The number of alkyl halides is 2. The molecule has 0 bridgehead atoms. The molecule has 1 atom stereocenters. The summed E-state index contributed by atoms with van der Waals surface area (Å²) in [6.45, 7) is 9.34. The van der Waals surface area contributed by atoms with Gasteiger partial charge in [0.1, 0.15) is 0 Å². The van der Waals surface area contributed by atoms with Gasteiger partial charge in [-0.1, -0.05) is 0 Å². The number of hydrogen-bond donors (Lipinski definition) is 0. The molecule has 9 heavy (non-hydrogen) atoms. The van der Waals surface area contributed by atoms with Crippen LogP contribution in [-0.2, 0) is 0 Å². The van der Waals surface area contributed by atoms with Crippen LogP contribution in [0.4, 0.5) is 0 Å². The molecule has 1 unspecified atom stereocenters. The van der Waals surface area contributed by atoms with E-state index in [-0.39, 0.29) is 0 Å². The van der Waals surface area contributed by atoms with Gasteiger partial charge in [-0.05, 0) is 0 Å². The maximum absolute atomic E-state index is 2.35. The van der Waals surface area contributed by atoms with Crippen LogP contribution < -0.4 is 21.2 Å². The molecule has 0 aliphatic carbocycles. The van der Waals surface area contributed by atoms with E-state index in [1.165, 1.54) is 10.8 Å². The van der Waals surface area contributed by atoms with Gasteiger partial charge >= 0.3 is 69.6 Å². The molecule has 0 aromatic heterocycles. The zero-order valence-corrected chi connectivity index (χ0v) is 9.10. The molecule has 0 aliphatic heterocycles. The third-order valence-corrected chi connectivity index (χ3v) is 5.80. The third-order valence-electron chi connectivity index (χ3n) is 1.47. The third kappa shape index (κ3) is 4.18. The zero-order chi connectivity index (χ0) is 7.28. The molecule has 0 fully saturated rings. The van der Waals surface area contributed by atoms with E-state index >= 15 is 0 Å². The van der Waals surface area contributed by atoms with Gasteiger partial charge in [-0.25, -0.2) is 0 Å². The summed E-state index contributed by atoms with van der Waals surface area (Å²) < 4.78 is 2.53. The molecule has 1 heteroatoms. The second-order valence-corrected chi connectivity index (χ2v) is 6.60. The van der Waals surface area contributed by atoms with Crippen molar-refractivity contribution in [2.45, 2.75) is 38.0 Å². The van der Waals surface area contributed by atoms with Gasteiger partial charge in [-0.3, -0.25) is 0 Å².